The second kappa shape index (κ2) is 5.29. The van der Waals surface area contributed by atoms with Gasteiger partial charge in [0.1, 0.15) is 5.69 Å². The highest BCUT2D eigenvalue weighted by molar-refractivity contribution is 9.10. The highest BCUT2D eigenvalue weighted by Gasteiger charge is 2.38. The molecule has 1 aromatic heterocycles. The predicted octanol–water partition coefficient (Wildman–Crippen LogP) is 1.95. The fraction of sp³-hybridized carbons (Fsp3) is 0.643. The Morgan fingerprint density at radius 2 is 2.11 bits per heavy atom. The minimum atomic E-state index is 0.188. The van der Waals surface area contributed by atoms with E-state index in [9.17, 15) is 4.79 Å². The molecule has 0 radical (unpaired) electrons. The number of hydrogen-bond acceptors (Lipinski definition) is 2. The Balaban J connectivity index is 1.77. The fourth-order valence-corrected chi connectivity index (χ4v) is 3.73. The van der Waals surface area contributed by atoms with Gasteiger partial charge >= 0.3 is 0 Å². The Morgan fingerprint density at radius 1 is 1.42 bits per heavy atom. The molecule has 4 nitrogen and oxygen atoms in total. The zero-order valence-corrected chi connectivity index (χ0v) is 12.8. The molecule has 2 fully saturated rings. The topological polar surface area (TPSA) is 37.3 Å². The Morgan fingerprint density at radius 3 is 2.74 bits per heavy atom. The van der Waals surface area contributed by atoms with E-state index < -0.39 is 0 Å². The van der Waals surface area contributed by atoms with Crippen molar-refractivity contribution in [1.82, 2.24) is 14.8 Å². The number of likely N-dealkylation sites (tertiary alicyclic amines) is 1. The third kappa shape index (κ3) is 2.46. The van der Waals surface area contributed by atoms with E-state index in [4.69, 9.17) is 0 Å². The summed E-state index contributed by atoms with van der Waals surface area (Å²) in [5.74, 6) is 1.50. The third-order valence-electron chi connectivity index (χ3n) is 4.22. The molecule has 2 saturated heterocycles. The Bertz CT molecular complexity index is 473. The first-order valence-corrected chi connectivity index (χ1v) is 7.84. The van der Waals surface area contributed by atoms with Crippen LogP contribution >= 0.6 is 15.9 Å². The molecule has 0 spiro atoms. The summed E-state index contributed by atoms with van der Waals surface area (Å²) in [4.78, 5) is 14.7. The summed E-state index contributed by atoms with van der Waals surface area (Å²) in [6.45, 7) is 6.97. The van der Waals surface area contributed by atoms with Crippen LogP contribution in [0.1, 0.15) is 23.8 Å². The number of rotatable bonds is 3. The van der Waals surface area contributed by atoms with Crippen LogP contribution in [0.5, 0.6) is 0 Å². The maximum atomic E-state index is 12.7. The van der Waals surface area contributed by atoms with Gasteiger partial charge in [0, 0.05) is 43.4 Å². The number of aryl methyl sites for hydroxylation is 1. The predicted molar refractivity (Wildman–Crippen MR) is 78.2 cm³/mol. The quantitative estimate of drug-likeness (QED) is 0.922. The lowest BCUT2D eigenvalue weighted by Gasteiger charge is -2.18. The van der Waals surface area contributed by atoms with Crippen LogP contribution in [0.3, 0.4) is 0 Å². The number of nitrogens with one attached hydrogen (secondary N) is 1. The lowest BCUT2D eigenvalue weighted by atomic mass is 10.0. The van der Waals surface area contributed by atoms with Crippen LogP contribution in [-0.4, -0.2) is 41.6 Å². The van der Waals surface area contributed by atoms with E-state index in [0.29, 0.717) is 11.8 Å². The molecule has 0 aliphatic carbocycles. The van der Waals surface area contributed by atoms with E-state index in [1.807, 2.05) is 17.2 Å². The number of carbonyl (C=O) groups is 1. The first kappa shape index (κ1) is 13.2. The van der Waals surface area contributed by atoms with Crippen molar-refractivity contribution in [1.29, 1.82) is 0 Å². The minimum absolute atomic E-state index is 0.188. The van der Waals surface area contributed by atoms with Crippen molar-refractivity contribution in [2.24, 2.45) is 11.8 Å². The van der Waals surface area contributed by atoms with Crippen LogP contribution in [0, 0.1) is 11.8 Å². The van der Waals surface area contributed by atoms with Gasteiger partial charge in [-0.05, 0) is 40.3 Å². The van der Waals surface area contributed by atoms with Crippen LogP contribution in [0.4, 0.5) is 0 Å². The largest absolute Gasteiger partial charge is 0.342 e. The summed E-state index contributed by atoms with van der Waals surface area (Å²) in [6.07, 6.45) is 3.05. The van der Waals surface area contributed by atoms with Crippen LogP contribution in [0.25, 0.3) is 0 Å². The number of aromatic nitrogens is 1. The average molecular weight is 326 g/mol. The number of amides is 1. The van der Waals surface area contributed by atoms with Gasteiger partial charge in [-0.2, -0.15) is 0 Å². The molecular weight excluding hydrogens is 306 g/mol. The highest BCUT2D eigenvalue weighted by Crippen LogP contribution is 2.28. The van der Waals surface area contributed by atoms with Gasteiger partial charge in [-0.25, -0.2) is 0 Å². The maximum absolute atomic E-state index is 12.7. The smallest absolute Gasteiger partial charge is 0.270 e. The van der Waals surface area contributed by atoms with Crippen molar-refractivity contribution >= 4 is 21.8 Å². The zero-order valence-electron chi connectivity index (χ0n) is 11.2. The van der Waals surface area contributed by atoms with Gasteiger partial charge in [0.15, 0.2) is 0 Å². The van der Waals surface area contributed by atoms with Gasteiger partial charge in [-0.3, -0.25) is 4.79 Å². The SMILES string of the molecule is CCCn1cc(Br)cc1C(=O)N1C[C@H]2CNC[C@H]2C1. The first-order chi connectivity index (χ1) is 9.19. The standard InChI is InChI=1S/C14H20BrN3O/c1-2-3-17-9-12(15)4-13(17)14(19)18-7-10-5-16-6-11(10)8-18/h4,9-11,16H,2-3,5-8H2,1H3/t10-,11+. The Kier molecular flexibility index (Phi) is 3.67. The summed E-state index contributed by atoms with van der Waals surface area (Å²) in [5, 5.41) is 3.41. The molecule has 5 heteroatoms. The van der Waals surface area contributed by atoms with Crippen molar-refractivity contribution < 1.29 is 4.79 Å². The van der Waals surface area contributed by atoms with E-state index in [1.165, 1.54) is 0 Å². The van der Waals surface area contributed by atoms with Crippen LogP contribution < -0.4 is 5.32 Å². The summed E-state index contributed by atoms with van der Waals surface area (Å²) in [7, 11) is 0. The molecular formula is C14H20BrN3O. The molecule has 2 atom stereocenters. The lowest BCUT2D eigenvalue weighted by Crippen LogP contribution is -2.33. The average Bonchev–Trinajstić information content (AvgIpc) is 3.02. The molecule has 0 unspecified atom stereocenters. The molecule has 1 N–H and O–H groups in total. The first-order valence-electron chi connectivity index (χ1n) is 7.04. The van der Waals surface area contributed by atoms with E-state index in [0.717, 1.165) is 49.3 Å². The maximum Gasteiger partial charge on any atom is 0.270 e. The molecule has 19 heavy (non-hydrogen) atoms. The molecule has 1 aromatic rings. The van der Waals surface area contributed by atoms with E-state index in [1.54, 1.807) is 0 Å². The number of nitrogens with zero attached hydrogens (tertiary/aromatic N) is 2. The molecule has 3 heterocycles. The molecule has 2 aliphatic rings. The molecule has 3 rings (SSSR count). The summed E-state index contributed by atoms with van der Waals surface area (Å²) < 4.78 is 3.06. The molecule has 104 valence electrons. The Labute approximate surface area is 122 Å². The van der Waals surface area contributed by atoms with E-state index >= 15 is 0 Å². The van der Waals surface area contributed by atoms with Crippen molar-refractivity contribution in [3.8, 4) is 0 Å². The van der Waals surface area contributed by atoms with Crippen molar-refractivity contribution in [2.75, 3.05) is 26.2 Å². The molecule has 0 aromatic carbocycles. The van der Waals surface area contributed by atoms with Gasteiger partial charge in [-0.15, -0.1) is 0 Å². The van der Waals surface area contributed by atoms with E-state index in [-0.39, 0.29) is 5.91 Å². The van der Waals surface area contributed by atoms with Gasteiger partial charge in [-0.1, -0.05) is 6.92 Å². The highest BCUT2D eigenvalue weighted by atomic mass is 79.9. The van der Waals surface area contributed by atoms with E-state index in [2.05, 4.69) is 32.7 Å². The van der Waals surface area contributed by atoms with Crippen molar-refractivity contribution in [3.63, 3.8) is 0 Å². The second-order valence-electron chi connectivity index (χ2n) is 5.63. The van der Waals surface area contributed by atoms with Crippen molar-refractivity contribution in [2.45, 2.75) is 19.9 Å². The summed E-state index contributed by atoms with van der Waals surface area (Å²) >= 11 is 3.48. The third-order valence-corrected chi connectivity index (χ3v) is 4.66. The molecule has 0 saturated carbocycles. The molecule has 1 amide bonds. The van der Waals surface area contributed by atoms with Crippen LogP contribution in [0.15, 0.2) is 16.7 Å². The van der Waals surface area contributed by atoms with Crippen LogP contribution in [-0.2, 0) is 6.54 Å². The molecule has 2 aliphatic heterocycles. The van der Waals surface area contributed by atoms with Gasteiger partial charge in [0.25, 0.3) is 5.91 Å². The number of halogens is 1. The molecule has 0 bridgehead atoms. The van der Waals surface area contributed by atoms with Gasteiger partial charge < -0.3 is 14.8 Å². The normalized spacial score (nSPS) is 25.9. The lowest BCUT2D eigenvalue weighted by molar-refractivity contribution is 0.0771. The van der Waals surface area contributed by atoms with Gasteiger partial charge in [0.2, 0.25) is 0 Å². The monoisotopic (exact) mass is 325 g/mol. The fourth-order valence-electron chi connectivity index (χ4n) is 3.26. The van der Waals surface area contributed by atoms with Crippen LogP contribution in [0.2, 0.25) is 0 Å². The number of fused-ring (bicyclic) bond motifs is 1. The zero-order chi connectivity index (χ0) is 13.4. The summed E-state index contributed by atoms with van der Waals surface area (Å²) in [5.41, 5.74) is 0.821. The second-order valence-corrected chi connectivity index (χ2v) is 6.54. The minimum Gasteiger partial charge on any atom is -0.342 e. The number of carbonyl (C=O) groups excluding carboxylic acids is 1. The van der Waals surface area contributed by atoms with Gasteiger partial charge in [0.05, 0.1) is 0 Å². The van der Waals surface area contributed by atoms with Crippen molar-refractivity contribution in [3.05, 3.63) is 22.4 Å². The Hall–Kier alpha value is -0.810. The summed E-state index contributed by atoms with van der Waals surface area (Å²) in [6, 6.07) is 1.95. The number of hydrogen-bond donors (Lipinski definition) is 1.